The molecule has 0 bridgehead atoms. The Hall–Kier alpha value is -3.20. The molecule has 0 spiro atoms. The Morgan fingerprint density at radius 2 is 1.89 bits per heavy atom. The smallest absolute Gasteiger partial charge is 0.261 e. The van der Waals surface area contributed by atoms with Crippen LogP contribution in [-0.2, 0) is 12.8 Å². The van der Waals surface area contributed by atoms with Crippen LogP contribution in [0.25, 0.3) is 16.6 Å². The summed E-state index contributed by atoms with van der Waals surface area (Å²) in [4.78, 5) is 17.1. The number of thioether (sulfide) groups is 1. The largest absolute Gasteiger partial charge is 0.494 e. The molecule has 0 saturated heterocycles. The first-order chi connectivity index (χ1) is 13.2. The zero-order chi connectivity index (χ0) is 18.8. The molecule has 0 atom stereocenters. The molecule has 0 aliphatic heterocycles. The lowest BCUT2D eigenvalue weighted by molar-refractivity contribution is 0.410. The summed E-state index contributed by atoms with van der Waals surface area (Å²) in [6, 6.07) is 14.8. The molecule has 2 aromatic heterocycles. The molecule has 0 amide bonds. The monoisotopic (exact) mass is 380 g/mol. The second-order valence-corrected chi connectivity index (χ2v) is 6.69. The van der Waals surface area contributed by atoms with E-state index in [0.717, 1.165) is 5.69 Å². The quantitative estimate of drug-likeness (QED) is 0.491. The van der Waals surface area contributed by atoms with Crippen LogP contribution < -0.4 is 10.3 Å². The average molecular weight is 380 g/mol. The maximum absolute atomic E-state index is 12.5. The van der Waals surface area contributed by atoms with Crippen LogP contribution >= 0.6 is 11.8 Å². The Kier molecular flexibility index (Phi) is 4.59. The Bertz CT molecular complexity index is 1170. The molecule has 27 heavy (non-hydrogen) atoms. The maximum atomic E-state index is 12.5. The third-order valence-corrected chi connectivity index (χ3v) is 5.08. The lowest BCUT2D eigenvalue weighted by Crippen LogP contribution is -2.22. The number of nitrogens with zero attached hydrogens (tertiary/aromatic N) is 6. The van der Waals surface area contributed by atoms with Gasteiger partial charge in [0.1, 0.15) is 17.3 Å². The van der Waals surface area contributed by atoms with Gasteiger partial charge in [0, 0.05) is 7.05 Å². The van der Waals surface area contributed by atoms with Crippen molar-refractivity contribution in [2.24, 2.45) is 7.05 Å². The van der Waals surface area contributed by atoms with Gasteiger partial charge in [0.05, 0.1) is 23.8 Å². The molecule has 4 rings (SSSR count). The predicted octanol–water partition coefficient (Wildman–Crippen LogP) is 2.21. The Morgan fingerprint density at radius 3 is 2.74 bits per heavy atom. The number of tetrazole rings is 1. The Balaban J connectivity index is 1.66. The fourth-order valence-corrected chi connectivity index (χ4v) is 3.61. The second kappa shape index (κ2) is 7.20. The van der Waals surface area contributed by atoms with E-state index in [1.165, 1.54) is 11.8 Å². The van der Waals surface area contributed by atoms with E-state index in [9.17, 15) is 4.79 Å². The molecule has 2 aromatic carbocycles. The van der Waals surface area contributed by atoms with Crippen LogP contribution in [0.3, 0.4) is 0 Å². The highest BCUT2D eigenvalue weighted by atomic mass is 32.2. The van der Waals surface area contributed by atoms with Crippen LogP contribution in [0.5, 0.6) is 5.75 Å². The summed E-state index contributed by atoms with van der Waals surface area (Å²) in [5.74, 6) is 1.77. The highest BCUT2D eigenvalue weighted by Crippen LogP contribution is 2.27. The molecule has 9 heteroatoms. The van der Waals surface area contributed by atoms with Crippen molar-refractivity contribution in [2.45, 2.75) is 10.9 Å². The highest BCUT2D eigenvalue weighted by Gasteiger charge is 2.15. The van der Waals surface area contributed by atoms with Crippen molar-refractivity contribution in [1.82, 2.24) is 29.8 Å². The number of benzene rings is 2. The van der Waals surface area contributed by atoms with Crippen LogP contribution in [0.1, 0.15) is 5.82 Å². The van der Waals surface area contributed by atoms with Gasteiger partial charge in [0.25, 0.3) is 5.56 Å². The minimum Gasteiger partial charge on any atom is -0.494 e. The molecule has 136 valence electrons. The molecule has 0 aliphatic rings. The van der Waals surface area contributed by atoms with Crippen LogP contribution in [-0.4, -0.2) is 36.9 Å². The Morgan fingerprint density at radius 1 is 1.11 bits per heavy atom. The lowest BCUT2D eigenvalue weighted by Gasteiger charge is -2.10. The van der Waals surface area contributed by atoms with Crippen LogP contribution in [0.2, 0.25) is 0 Å². The minimum atomic E-state index is -0.0690. The topological polar surface area (TPSA) is 87.7 Å². The van der Waals surface area contributed by atoms with Gasteiger partial charge < -0.3 is 4.74 Å². The van der Waals surface area contributed by atoms with Crippen molar-refractivity contribution < 1.29 is 4.74 Å². The standard InChI is InChI=1S/C18H16N6O2S/c1-23-16(19-13-8-4-3-7-12(13)17(23)25)11-27-18-20-21-22-24(18)14-9-5-6-10-15(14)26-2/h3-10H,11H2,1-2H3. The number of fused-ring (bicyclic) bond motifs is 1. The van der Waals surface area contributed by atoms with Gasteiger partial charge in [-0.05, 0) is 34.7 Å². The van der Waals surface area contributed by atoms with E-state index in [1.54, 1.807) is 29.5 Å². The first kappa shape index (κ1) is 17.2. The molecule has 0 saturated carbocycles. The summed E-state index contributed by atoms with van der Waals surface area (Å²) in [7, 11) is 3.33. The van der Waals surface area contributed by atoms with Crippen LogP contribution in [0.4, 0.5) is 0 Å². The zero-order valence-corrected chi connectivity index (χ0v) is 15.6. The second-order valence-electron chi connectivity index (χ2n) is 5.74. The van der Waals surface area contributed by atoms with E-state index in [4.69, 9.17) is 4.74 Å². The fraction of sp³-hybridized carbons (Fsp3) is 0.167. The fourth-order valence-electron chi connectivity index (χ4n) is 2.75. The van der Waals surface area contributed by atoms with Gasteiger partial charge in [-0.15, -0.1) is 5.10 Å². The molecular formula is C18H16N6O2S. The van der Waals surface area contributed by atoms with Crippen LogP contribution in [0, 0.1) is 0 Å². The van der Waals surface area contributed by atoms with Crippen molar-refractivity contribution >= 4 is 22.7 Å². The number of rotatable bonds is 5. The van der Waals surface area contributed by atoms with E-state index < -0.39 is 0 Å². The summed E-state index contributed by atoms with van der Waals surface area (Å²) < 4.78 is 8.56. The normalized spacial score (nSPS) is 11.0. The third kappa shape index (κ3) is 3.17. The number of methoxy groups -OCH3 is 1. The van der Waals surface area contributed by atoms with Gasteiger partial charge in [-0.2, -0.15) is 4.68 Å². The zero-order valence-electron chi connectivity index (χ0n) is 14.7. The number of ether oxygens (including phenoxy) is 1. The predicted molar refractivity (Wildman–Crippen MR) is 102 cm³/mol. The summed E-state index contributed by atoms with van der Waals surface area (Å²) in [5.41, 5.74) is 1.36. The molecule has 0 aliphatic carbocycles. The van der Waals surface area contributed by atoms with E-state index in [2.05, 4.69) is 20.5 Å². The minimum absolute atomic E-state index is 0.0690. The molecule has 0 radical (unpaired) electrons. The van der Waals surface area contributed by atoms with Crippen molar-refractivity contribution in [3.8, 4) is 11.4 Å². The van der Waals surface area contributed by atoms with Gasteiger partial charge in [0.15, 0.2) is 0 Å². The van der Waals surface area contributed by atoms with Crippen molar-refractivity contribution in [2.75, 3.05) is 7.11 Å². The van der Waals surface area contributed by atoms with Gasteiger partial charge >= 0.3 is 0 Å². The van der Waals surface area contributed by atoms with Gasteiger partial charge in [-0.1, -0.05) is 36.0 Å². The number of para-hydroxylation sites is 3. The van der Waals surface area contributed by atoms with E-state index in [-0.39, 0.29) is 5.56 Å². The summed E-state index contributed by atoms with van der Waals surface area (Å²) in [5, 5.41) is 13.1. The number of aromatic nitrogens is 6. The van der Waals surface area contributed by atoms with Crippen molar-refractivity contribution in [3.63, 3.8) is 0 Å². The SMILES string of the molecule is COc1ccccc1-n1nnnc1SCc1nc2ccccc2c(=O)n1C. The summed E-state index contributed by atoms with van der Waals surface area (Å²) >= 11 is 1.40. The Labute approximate surface area is 158 Å². The average Bonchev–Trinajstić information content (AvgIpc) is 3.18. The van der Waals surface area contributed by atoms with Crippen molar-refractivity contribution in [3.05, 3.63) is 64.7 Å². The summed E-state index contributed by atoms with van der Waals surface area (Å²) in [6.07, 6.45) is 0. The molecule has 4 aromatic rings. The molecular weight excluding hydrogens is 364 g/mol. The van der Waals surface area contributed by atoms with Gasteiger partial charge in [-0.3, -0.25) is 9.36 Å². The van der Waals surface area contributed by atoms with Gasteiger partial charge in [0.2, 0.25) is 5.16 Å². The molecule has 0 N–H and O–H groups in total. The number of hydrogen-bond donors (Lipinski definition) is 0. The van der Waals surface area contributed by atoms with Crippen molar-refractivity contribution in [1.29, 1.82) is 0 Å². The molecule has 0 fully saturated rings. The van der Waals surface area contributed by atoms with E-state index in [1.807, 2.05) is 42.5 Å². The lowest BCUT2D eigenvalue weighted by atomic mass is 10.2. The van der Waals surface area contributed by atoms with Gasteiger partial charge in [-0.25, -0.2) is 4.98 Å². The number of hydrogen-bond acceptors (Lipinski definition) is 7. The van der Waals surface area contributed by atoms with E-state index >= 15 is 0 Å². The van der Waals surface area contributed by atoms with Crippen LogP contribution in [0.15, 0.2) is 58.5 Å². The first-order valence-electron chi connectivity index (χ1n) is 8.18. The third-order valence-electron chi connectivity index (χ3n) is 4.16. The first-order valence-corrected chi connectivity index (χ1v) is 9.17. The molecule has 0 unspecified atom stereocenters. The summed E-state index contributed by atoms with van der Waals surface area (Å²) in [6.45, 7) is 0. The van der Waals surface area contributed by atoms with E-state index in [0.29, 0.717) is 33.4 Å². The molecule has 2 heterocycles. The highest BCUT2D eigenvalue weighted by molar-refractivity contribution is 7.98. The molecule has 8 nitrogen and oxygen atoms in total. The maximum Gasteiger partial charge on any atom is 0.261 e.